The Labute approximate surface area is 146 Å². The summed E-state index contributed by atoms with van der Waals surface area (Å²) in [6.45, 7) is 2.71. The molecule has 0 fully saturated rings. The minimum Gasteiger partial charge on any atom is -0.493 e. The van der Waals surface area contributed by atoms with Crippen LogP contribution in [0.25, 0.3) is 0 Å². The molecule has 0 atom stereocenters. The first-order valence-corrected chi connectivity index (χ1v) is 7.80. The number of benzene rings is 2. The molecular weight excluding hydrogens is 334 g/mol. The molecular formula is C17H18ClNO3S. The third kappa shape index (κ3) is 4.50. The highest BCUT2D eigenvalue weighted by Crippen LogP contribution is 2.36. The largest absolute Gasteiger partial charge is 0.493 e. The standard InChI is InChI=1S/C17H18ClNO3S/c1-11-5-3-4-6-14(11)21-7-8-22-16-13(18)9-12(17(19)23)10-15(16)20-2/h3-6,9-10H,7-8H2,1-2H3,(H2,19,23). The zero-order valence-corrected chi connectivity index (χ0v) is 14.5. The molecule has 0 amide bonds. The van der Waals surface area contributed by atoms with E-state index in [1.807, 2.05) is 31.2 Å². The number of thiocarbonyl (C=S) groups is 1. The Bertz CT molecular complexity index is 706. The maximum absolute atomic E-state index is 6.22. The highest BCUT2D eigenvalue weighted by molar-refractivity contribution is 7.80. The summed E-state index contributed by atoms with van der Waals surface area (Å²) in [6.07, 6.45) is 0. The lowest BCUT2D eigenvalue weighted by molar-refractivity contribution is 0.210. The lowest BCUT2D eigenvalue weighted by Gasteiger charge is -2.14. The average molecular weight is 352 g/mol. The predicted molar refractivity (Wildman–Crippen MR) is 96.1 cm³/mol. The van der Waals surface area contributed by atoms with Gasteiger partial charge in [0.15, 0.2) is 11.5 Å². The second-order valence-electron chi connectivity index (χ2n) is 4.82. The van der Waals surface area contributed by atoms with Crippen LogP contribution in [0.1, 0.15) is 11.1 Å². The highest BCUT2D eigenvalue weighted by Gasteiger charge is 2.13. The third-order valence-corrected chi connectivity index (χ3v) is 3.71. The molecule has 2 N–H and O–H groups in total. The second kappa shape index (κ2) is 8.04. The van der Waals surface area contributed by atoms with Crippen molar-refractivity contribution >= 4 is 28.8 Å². The van der Waals surface area contributed by atoms with Crippen molar-refractivity contribution in [3.8, 4) is 17.2 Å². The van der Waals surface area contributed by atoms with Gasteiger partial charge >= 0.3 is 0 Å². The molecule has 122 valence electrons. The molecule has 0 aliphatic rings. The van der Waals surface area contributed by atoms with Crippen molar-refractivity contribution in [3.05, 3.63) is 52.5 Å². The van der Waals surface area contributed by atoms with Crippen LogP contribution in [0.3, 0.4) is 0 Å². The van der Waals surface area contributed by atoms with E-state index in [4.69, 9.17) is 43.8 Å². The topological polar surface area (TPSA) is 53.7 Å². The second-order valence-corrected chi connectivity index (χ2v) is 5.66. The summed E-state index contributed by atoms with van der Waals surface area (Å²) in [4.78, 5) is 0.250. The molecule has 0 spiro atoms. The van der Waals surface area contributed by atoms with Crippen molar-refractivity contribution in [3.63, 3.8) is 0 Å². The molecule has 6 heteroatoms. The Kier molecular flexibility index (Phi) is 6.07. The van der Waals surface area contributed by atoms with Gasteiger partial charge in [0.2, 0.25) is 0 Å². The van der Waals surface area contributed by atoms with E-state index < -0.39 is 0 Å². The van der Waals surface area contributed by atoms with Crippen LogP contribution in [-0.4, -0.2) is 25.3 Å². The van der Waals surface area contributed by atoms with Crippen molar-refractivity contribution < 1.29 is 14.2 Å². The van der Waals surface area contributed by atoms with Crippen molar-refractivity contribution in [1.82, 2.24) is 0 Å². The number of hydrogen-bond acceptors (Lipinski definition) is 4. The normalized spacial score (nSPS) is 10.2. The minimum atomic E-state index is 0.250. The van der Waals surface area contributed by atoms with Crippen LogP contribution in [-0.2, 0) is 0 Å². The molecule has 0 aliphatic carbocycles. The molecule has 0 radical (unpaired) electrons. The highest BCUT2D eigenvalue weighted by atomic mass is 35.5. The van der Waals surface area contributed by atoms with Gasteiger partial charge in [-0.3, -0.25) is 0 Å². The van der Waals surface area contributed by atoms with Gasteiger partial charge in [0.05, 0.1) is 12.1 Å². The number of aryl methyl sites for hydroxylation is 1. The number of ether oxygens (including phenoxy) is 3. The van der Waals surface area contributed by atoms with Gasteiger partial charge in [0.25, 0.3) is 0 Å². The van der Waals surface area contributed by atoms with E-state index >= 15 is 0 Å². The molecule has 0 bridgehead atoms. The number of nitrogens with two attached hydrogens (primary N) is 1. The van der Waals surface area contributed by atoms with E-state index in [0.29, 0.717) is 35.3 Å². The zero-order chi connectivity index (χ0) is 16.8. The van der Waals surface area contributed by atoms with Gasteiger partial charge in [0.1, 0.15) is 24.0 Å². The third-order valence-electron chi connectivity index (χ3n) is 3.19. The van der Waals surface area contributed by atoms with Crippen LogP contribution in [0, 0.1) is 6.92 Å². The number of para-hydroxylation sites is 1. The van der Waals surface area contributed by atoms with Gasteiger partial charge in [0, 0.05) is 5.56 Å². The number of hydrogen-bond donors (Lipinski definition) is 1. The summed E-state index contributed by atoms with van der Waals surface area (Å²) in [5.41, 5.74) is 7.32. The van der Waals surface area contributed by atoms with Gasteiger partial charge in [-0.25, -0.2) is 0 Å². The molecule has 2 aromatic carbocycles. The first-order chi connectivity index (χ1) is 11.0. The monoisotopic (exact) mass is 351 g/mol. The predicted octanol–water partition coefficient (Wildman–Crippen LogP) is 3.75. The molecule has 2 rings (SSSR count). The van der Waals surface area contributed by atoms with Crippen molar-refractivity contribution in [1.29, 1.82) is 0 Å². The maximum Gasteiger partial charge on any atom is 0.179 e. The Morgan fingerprint density at radius 3 is 2.48 bits per heavy atom. The Balaban J connectivity index is 2.00. The molecule has 0 saturated carbocycles. The first-order valence-electron chi connectivity index (χ1n) is 7.01. The molecule has 23 heavy (non-hydrogen) atoms. The molecule has 4 nitrogen and oxygen atoms in total. The Hall–Kier alpha value is -1.98. The van der Waals surface area contributed by atoms with E-state index in [1.165, 1.54) is 7.11 Å². The van der Waals surface area contributed by atoms with Crippen molar-refractivity contribution in [2.24, 2.45) is 5.73 Å². The van der Waals surface area contributed by atoms with Crippen LogP contribution in [0.4, 0.5) is 0 Å². The zero-order valence-electron chi connectivity index (χ0n) is 13.0. The van der Waals surface area contributed by atoms with E-state index in [-0.39, 0.29) is 4.99 Å². The molecule has 0 heterocycles. The van der Waals surface area contributed by atoms with Gasteiger partial charge < -0.3 is 19.9 Å². The lowest BCUT2D eigenvalue weighted by atomic mass is 10.2. The van der Waals surface area contributed by atoms with E-state index in [2.05, 4.69) is 0 Å². The number of methoxy groups -OCH3 is 1. The molecule has 0 unspecified atom stereocenters. The summed E-state index contributed by atoms with van der Waals surface area (Å²) in [5, 5.41) is 0.392. The SMILES string of the molecule is COc1cc(C(N)=S)cc(Cl)c1OCCOc1ccccc1C. The van der Waals surface area contributed by atoms with Gasteiger partial charge in [-0.15, -0.1) is 0 Å². The van der Waals surface area contributed by atoms with Crippen molar-refractivity contribution in [2.75, 3.05) is 20.3 Å². The van der Waals surface area contributed by atoms with Crippen LogP contribution in [0.2, 0.25) is 5.02 Å². The summed E-state index contributed by atoms with van der Waals surface area (Å²) in [6, 6.07) is 11.2. The first kappa shape index (κ1) is 17.4. The van der Waals surface area contributed by atoms with Crippen LogP contribution in [0.5, 0.6) is 17.2 Å². The number of rotatable bonds is 7. The van der Waals surface area contributed by atoms with Gasteiger partial charge in [-0.05, 0) is 30.7 Å². The minimum absolute atomic E-state index is 0.250. The van der Waals surface area contributed by atoms with E-state index in [0.717, 1.165) is 11.3 Å². The van der Waals surface area contributed by atoms with E-state index in [1.54, 1.807) is 12.1 Å². The maximum atomic E-state index is 6.22. The summed E-state index contributed by atoms with van der Waals surface area (Å²) >= 11 is 11.2. The average Bonchev–Trinajstić information content (AvgIpc) is 2.53. The fourth-order valence-corrected chi connectivity index (χ4v) is 2.40. The fraction of sp³-hybridized carbons (Fsp3) is 0.235. The van der Waals surface area contributed by atoms with Crippen molar-refractivity contribution in [2.45, 2.75) is 6.92 Å². The lowest BCUT2D eigenvalue weighted by Crippen LogP contribution is -2.12. The Morgan fingerprint density at radius 1 is 1.13 bits per heavy atom. The fourth-order valence-electron chi connectivity index (χ4n) is 2.02. The quantitative estimate of drug-likeness (QED) is 0.608. The summed E-state index contributed by atoms with van der Waals surface area (Å²) < 4.78 is 16.7. The number of halogens is 1. The Morgan fingerprint density at radius 2 is 1.83 bits per heavy atom. The summed E-state index contributed by atoms with van der Waals surface area (Å²) in [7, 11) is 1.53. The molecule has 0 aromatic heterocycles. The van der Waals surface area contributed by atoms with Crippen LogP contribution >= 0.6 is 23.8 Å². The van der Waals surface area contributed by atoms with Gasteiger partial charge in [-0.1, -0.05) is 42.0 Å². The summed E-state index contributed by atoms with van der Waals surface area (Å²) in [5.74, 6) is 1.76. The van der Waals surface area contributed by atoms with Crippen LogP contribution < -0.4 is 19.9 Å². The van der Waals surface area contributed by atoms with Crippen LogP contribution in [0.15, 0.2) is 36.4 Å². The molecule has 0 saturated heterocycles. The molecule has 2 aromatic rings. The van der Waals surface area contributed by atoms with E-state index in [9.17, 15) is 0 Å². The molecule has 0 aliphatic heterocycles. The van der Waals surface area contributed by atoms with Gasteiger partial charge in [-0.2, -0.15) is 0 Å². The smallest absolute Gasteiger partial charge is 0.179 e.